The standard InChI is InChI=1S/C14H12N2O4S/c15-10(14(18)19)5-8-12(20-16-13(8)17)9-6-21-11-4-2-1-3-7(9)11/h1-4,6,10H,5,15H2,(H,16,17)(H,18,19). The Morgan fingerprint density at radius 1 is 1.43 bits per heavy atom. The third kappa shape index (κ3) is 2.37. The number of carboxylic acid groups (broad SMARTS) is 1. The lowest BCUT2D eigenvalue weighted by Crippen LogP contribution is -2.33. The minimum atomic E-state index is -1.16. The summed E-state index contributed by atoms with van der Waals surface area (Å²) >= 11 is 1.53. The van der Waals surface area contributed by atoms with Crippen LogP contribution in [0.25, 0.3) is 21.4 Å². The molecule has 3 aromatic rings. The topological polar surface area (TPSA) is 109 Å². The lowest BCUT2D eigenvalue weighted by atomic mass is 10.0. The van der Waals surface area contributed by atoms with Crippen molar-refractivity contribution in [1.82, 2.24) is 5.16 Å². The Morgan fingerprint density at radius 2 is 2.19 bits per heavy atom. The molecule has 0 bridgehead atoms. The van der Waals surface area contributed by atoms with Gasteiger partial charge in [-0.2, -0.15) is 5.16 Å². The van der Waals surface area contributed by atoms with Gasteiger partial charge >= 0.3 is 5.97 Å². The van der Waals surface area contributed by atoms with Gasteiger partial charge in [0.2, 0.25) is 0 Å². The van der Waals surface area contributed by atoms with Crippen LogP contribution in [0.15, 0.2) is 39.0 Å². The number of aromatic amines is 1. The number of carboxylic acids is 1. The highest BCUT2D eigenvalue weighted by Gasteiger charge is 2.22. The molecule has 1 aromatic carbocycles. The molecular formula is C14H12N2O4S. The van der Waals surface area contributed by atoms with E-state index >= 15 is 0 Å². The Morgan fingerprint density at radius 3 is 2.95 bits per heavy atom. The highest BCUT2D eigenvalue weighted by Crippen LogP contribution is 2.34. The fourth-order valence-corrected chi connectivity index (χ4v) is 3.13. The Hall–Kier alpha value is -2.38. The Balaban J connectivity index is 2.11. The number of benzene rings is 1. The molecule has 0 saturated carbocycles. The van der Waals surface area contributed by atoms with Crippen LogP contribution in [0.5, 0.6) is 0 Å². The maximum Gasteiger partial charge on any atom is 0.320 e. The molecule has 6 nitrogen and oxygen atoms in total. The fraction of sp³-hybridized carbons (Fsp3) is 0.143. The van der Waals surface area contributed by atoms with Gasteiger partial charge in [-0.05, 0) is 6.07 Å². The highest BCUT2D eigenvalue weighted by atomic mass is 32.1. The van der Waals surface area contributed by atoms with Crippen LogP contribution in [0.3, 0.4) is 0 Å². The van der Waals surface area contributed by atoms with Crippen LogP contribution >= 0.6 is 11.3 Å². The molecule has 2 heterocycles. The number of aromatic nitrogens is 1. The number of H-pyrrole nitrogens is 1. The summed E-state index contributed by atoms with van der Waals surface area (Å²) in [5, 5.41) is 14.0. The molecule has 7 heteroatoms. The second kappa shape index (κ2) is 5.19. The van der Waals surface area contributed by atoms with E-state index in [0.29, 0.717) is 5.76 Å². The van der Waals surface area contributed by atoms with Crippen LogP contribution in [-0.4, -0.2) is 22.3 Å². The van der Waals surface area contributed by atoms with E-state index in [4.69, 9.17) is 15.4 Å². The van der Waals surface area contributed by atoms with Crippen molar-refractivity contribution in [2.75, 3.05) is 0 Å². The van der Waals surface area contributed by atoms with E-state index < -0.39 is 17.6 Å². The van der Waals surface area contributed by atoms with Crippen molar-refractivity contribution >= 4 is 27.4 Å². The van der Waals surface area contributed by atoms with E-state index in [9.17, 15) is 9.59 Å². The van der Waals surface area contributed by atoms with Gasteiger partial charge in [-0.1, -0.05) is 18.2 Å². The predicted octanol–water partition coefficient (Wildman–Crippen LogP) is 1.80. The van der Waals surface area contributed by atoms with Gasteiger partial charge in [0.1, 0.15) is 6.04 Å². The van der Waals surface area contributed by atoms with Crippen molar-refractivity contribution in [3.05, 3.63) is 45.6 Å². The van der Waals surface area contributed by atoms with E-state index in [1.807, 2.05) is 29.6 Å². The van der Waals surface area contributed by atoms with Gasteiger partial charge in [0.15, 0.2) is 5.76 Å². The lowest BCUT2D eigenvalue weighted by Gasteiger charge is -2.04. The Kier molecular flexibility index (Phi) is 3.36. The van der Waals surface area contributed by atoms with Gasteiger partial charge in [-0.25, -0.2) is 0 Å². The van der Waals surface area contributed by atoms with Crippen LogP contribution in [0.4, 0.5) is 0 Å². The smallest absolute Gasteiger partial charge is 0.320 e. The van der Waals surface area contributed by atoms with E-state index in [0.717, 1.165) is 15.6 Å². The molecule has 3 rings (SSSR count). The second-order valence-corrected chi connectivity index (χ2v) is 5.55. The summed E-state index contributed by atoms with van der Waals surface area (Å²) in [4.78, 5) is 22.7. The molecule has 21 heavy (non-hydrogen) atoms. The number of carbonyl (C=O) groups is 1. The molecule has 0 radical (unpaired) electrons. The maximum absolute atomic E-state index is 11.8. The highest BCUT2D eigenvalue weighted by molar-refractivity contribution is 7.17. The third-order valence-corrected chi connectivity index (χ3v) is 4.22. The van der Waals surface area contributed by atoms with Crippen molar-refractivity contribution in [2.45, 2.75) is 12.5 Å². The maximum atomic E-state index is 11.8. The van der Waals surface area contributed by atoms with Crippen molar-refractivity contribution in [2.24, 2.45) is 5.73 Å². The Labute approximate surface area is 122 Å². The minimum absolute atomic E-state index is 0.0827. The number of aliphatic carboxylic acids is 1. The minimum Gasteiger partial charge on any atom is -0.480 e. The first-order valence-corrected chi connectivity index (χ1v) is 7.11. The summed E-state index contributed by atoms with van der Waals surface area (Å²) in [6, 6.07) is 6.57. The average Bonchev–Trinajstić information content (AvgIpc) is 3.03. The molecular weight excluding hydrogens is 292 g/mol. The zero-order valence-corrected chi connectivity index (χ0v) is 11.6. The first-order chi connectivity index (χ1) is 10.1. The molecule has 1 unspecified atom stereocenters. The zero-order chi connectivity index (χ0) is 15.0. The molecule has 0 aliphatic carbocycles. The molecule has 1 atom stereocenters. The van der Waals surface area contributed by atoms with Gasteiger partial charge in [0.05, 0.1) is 5.56 Å². The zero-order valence-electron chi connectivity index (χ0n) is 10.8. The number of nitrogens with two attached hydrogens (primary N) is 1. The molecule has 2 aromatic heterocycles. The molecule has 0 spiro atoms. The summed E-state index contributed by atoms with van der Waals surface area (Å²) in [5.74, 6) is -0.800. The molecule has 0 aliphatic heterocycles. The molecule has 4 N–H and O–H groups in total. The van der Waals surface area contributed by atoms with Gasteiger partial charge in [0.25, 0.3) is 5.56 Å². The number of hydrogen-bond donors (Lipinski definition) is 3. The lowest BCUT2D eigenvalue weighted by molar-refractivity contribution is -0.138. The second-order valence-electron chi connectivity index (χ2n) is 4.64. The van der Waals surface area contributed by atoms with Gasteiger partial charge in [0, 0.05) is 27.5 Å². The van der Waals surface area contributed by atoms with E-state index in [2.05, 4.69) is 5.16 Å². The average molecular weight is 304 g/mol. The number of nitrogens with one attached hydrogen (secondary N) is 1. The van der Waals surface area contributed by atoms with Crippen molar-refractivity contribution in [1.29, 1.82) is 0 Å². The molecule has 108 valence electrons. The molecule has 0 aliphatic rings. The SMILES string of the molecule is NC(Cc1c(-c2csc3ccccc23)o[nH]c1=O)C(=O)O. The normalized spacial score (nSPS) is 12.6. The number of rotatable bonds is 4. The van der Waals surface area contributed by atoms with Crippen LogP contribution in [-0.2, 0) is 11.2 Å². The van der Waals surface area contributed by atoms with Crippen LogP contribution in [0.2, 0.25) is 0 Å². The van der Waals surface area contributed by atoms with E-state index in [1.165, 1.54) is 11.3 Å². The summed E-state index contributed by atoms with van der Waals surface area (Å²) < 4.78 is 6.31. The number of fused-ring (bicyclic) bond motifs is 1. The van der Waals surface area contributed by atoms with E-state index in [1.54, 1.807) is 0 Å². The first kappa shape index (κ1) is 13.6. The first-order valence-electron chi connectivity index (χ1n) is 6.23. The van der Waals surface area contributed by atoms with Crippen LogP contribution in [0.1, 0.15) is 5.56 Å². The number of thiophene rings is 1. The molecule has 0 fully saturated rings. The predicted molar refractivity (Wildman–Crippen MR) is 79.5 cm³/mol. The summed E-state index contributed by atoms with van der Waals surface area (Å²) in [6.07, 6.45) is -0.0827. The third-order valence-electron chi connectivity index (χ3n) is 3.26. The van der Waals surface area contributed by atoms with Gasteiger partial charge in [-0.15, -0.1) is 11.3 Å². The monoisotopic (exact) mass is 304 g/mol. The fourth-order valence-electron chi connectivity index (χ4n) is 2.19. The Bertz CT molecular complexity index is 861. The summed E-state index contributed by atoms with van der Waals surface area (Å²) in [5.41, 5.74) is 6.10. The van der Waals surface area contributed by atoms with E-state index in [-0.39, 0.29) is 12.0 Å². The van der Waals surface area contributed by atoms with Crippen molar-refractivity contribution < 1.29 is 14.4 Å². The van der Waals surface area contributed by atoms with Crippen molar-refractivity contribution in [3.63, 3.8) is 0 Å². The molecule has 0 saturated heterocycles. The summed E-state index contributed by atoms with van der Waals surface area (Å²) in [6.45, 7) is 0. The van der Waals surface area contributed by atoms with Gasteiger partial charge in [-0.3, -0.25) is 9.59 Å². The van der Waals surface area contributed by atoms with Crippen molar-refractivity contribution in [3.8, 4) is 11.3 Å². The van der Waals surface area contributed by atoms with Crippen LogP contribution in [0, 0.1) is 0 Å². The van der Waals surface area contributed by atoms with Crippen LogP contribution < -0.4 is 11.3 Å². The largest absolute Gasteiger partial charge is 0.480 e. The van der Waals surface area contributed by atoms with Gasteiger partial charge < -0.3 is 15.4 Å². The number of hydrogen-bond acceptors (Lipinski definition) is 5. The molecule has 0 amide bonds. The summed E-state index contributed by atoms with van der Waals surface area (Å²) in [7, 11) is 0. The quantitative estimate of drug-likeness (QED) is 0.681.